The summed E-state index contributed by atoms with van der Waals surface area (Å²) in [6, 6.07) is 0. The fourth-order valence-electron chi connectivity index (χ4n) is 0.498. The summed E-state index contributed by atoms with van der Waals surface area (Å²) in [6.45, 7) is 0.590. The lowest BCUT2D eigenvalue weighted by atomic mass is 10.4. The Hall–Kier alpha value is -1.00. The van der Waals surface area contributed by atoms with Crippen LogP contribution in [0.2, 0.25) is 0 Å². The Bertz CT molecular complexity index is 177. The molecule has 0 unspecified atom stereocenters. The van der Waals surface area contributed by atoms with Gasteiger partial charge in [-0.3, -0.25) is 0 Å². The topological polar surface area (TPSA) is 49.7 Å². The Morgan fingerprint density at radius 2 is 1.58 bits per heavy atom. The molecule has 0 fully saturated rings. The Balaban J connectivity index is 3.11. The van der Waals surface area contributed by atoms with E-state index in [4.69, 9.17) is 14.9 Å². The predicted octanol–water partition coefficient (Wildman–Crippen LogP) is -0.615. The van der Waals surface area contributed by atoms with Gasteiger partial charge in [0.25, 0.3) is 0 Å². The van der Waals surface area contributed by atoms with Gasteiger partial charge >= 0.3 is 0 Å². The molecule has 0 bridgehead atoms. The molecular weight excluding hydrogens is 156 g/mol. The van der Waals surface area contributed by atoms with Crippen LogP contribution in [0.15, 0.2) is 0 Å². The van der Waals surface area contributed by atoms with Crippen LogP contribution in [0.1, 0.15) is 6.42 Å². The highest BCUT2D eigenvalue weighted by atomic mass is 16.5. The molecule has 3 nitrogen and oxygen atoms in total. The van der Waals surface area contributed by atoms with E-state index in [0.29, 0.717) is 19.6 Å². The van der Waals surface area contributed by atoms with Crippen molar-refractivity contribution in [1.82, 2.24) is 0 Å². The van der Waals surface area contributed by atoms with E-state index in [9.17, 15) is 0 Å². The first-order valence-corrected chi connectivity index (χ1v) is 3.62. The van der Waals surface area contributed by atoms with Gasteiger partial charge in [-0.1, -0.05) is 23.7 Å². The third-order valence-corrected chi connectivity index (χ3v) is 0.954. The molecule has 0 rings (SSSR count). The molecule has 0 amide bonds. The van der Waals surface area contributed by atoms with Crippen LogP contribution < -0.4 is 0 Å². The van der Waals surface area contributed by atoms with Gasteiger partial charge in [0.2, 0.25) is 0 Å². The Morgan fingerprint density at radius 3 is 2.25 bits per heavy atom. The largest absolute Gasteiger partial charge is 0.384 e. The molecule has 0 atom stereocenters. The summed E-state index contributed by atoms with van der Waals surface area (Å²) in [5.41, 5.74) is 0. The second-order valence-corrected chi connectivity index (χ2v) is 1.83. The van der Waals surface area contributed by atoms with Crippen LogP contribution in [-0.2, 0) is 4.74 Å². The van der Waals surface area contributed by atoms with E-state index in [2.05, 4.69) is 23.7 Å². The quantitative estimate of drug-likeness (QED) is 0.436. The molecule has 0 aromatic heterocycles. The summed E-state index contributed by atoms with van der Waals surface area (Å²) in [5, 5.41) is 16.5. The monoisotopic (exact) mass is 168 g/mol. The van der Waals surface area contributed by atoms with Crippen molar-refractivity contribution in [1.29, 1.82) is 0 Å². The average Bonchev–Trinajstić information content (AvgIpc) is 2.10. The first kappa shape index (κ1) is 11.0. The van der Waals surface area contributed by atoms with E-state index in [-0.39, 0.29) is 13.2 Å². The summed E-state index contributed by atoms with van der Waals surface area (Å²) in [7, 11) is 0. The van der Waals surface area contributed by atoms with Crippen molar-refractivity contribution in [2.75, 3.05) is 26.4 Å². The van der Waals surface area contributed by atoms with Gasteiger partial charge in [0.05, 0.1) is 6.61 Å². The summed E-state index contributed by atoms with van der Waals surface area (Å²) in [5.74, 6) is 10.3. The summed E-state index contributed by atoms with van der Waals surface area (Å²) in [6.07, 6.45) is 0.599. The van der Waals surface area contributed by atoms with Crippen LogP contribution in [-0.4, -0.2) is 36.6 Å². The van der Waals surface area contributed by atoms with E-state index < -0.39 is 0 Å². The van der Waals surface area contributed by atoms with Crippen molar-refractivity contribution < 1.29 is 14.9 Å². The number of hydrogen-bond donors (Lipinski definition) is 2. The van der Waals surface area contributed by atoms with Gasteiger partial charge in [-0.25, -0.2) is 0 Å². The smallest absolute Gasteiger partial charge is 0.107 e. The minimum Gasteiger partial charge on any atom is -0.384 e. The molecule has 0 saturated carbocycles. The number of rotatable bonds is 3. The maximum absolute atomic E-state index is 8.27. The molecule has 12 heavy (non-hydrogen) atoms. The highest BCUT2D eigenvalue weighted by Gasteiger charge is 1.80. The Kier molecular flexibility index (Phi) is 9.17. The number of aliphatic hydroxyl groups is 2. The van der Waals surface area contributed by atoms with Crippen LogP contribution in [0.25, 0.3) is 0 Å². The van der Waals surface area contributed by atoms with Gasteiger partial charge in [0.1, 0.15) is 19.8 Å². The lowest BCUT2D eigenvalue weighted by Gasteiger charge is -1.92. The third kappa shape index (κ3) is 9.00. The van der Waals surface area contributed by atoms with Crippen molar-refractivity contribution in [3.63, 3.8) is 0 Å². The average molecular weight is 168 g/mol. The lowest BCUT2D eigenvalue weighted by molar-refractivity contribution is 0.173. The van der Waals surface area contributed by atoms with Gasteiger partial charge in [-0.2, -0.15) is 0 Å². The second kappa shape index (κ2) is 10.0. The standard InChI is InChI=1S/C9H12O3/c10-6-2-1-4-8-12-9-5-3-7-11/h10-11H,4,6-9H2. The summed E-state index contributed by atoms with van der Waals surface area (Å²) >= 11 is 0. The molecule has 66 valence electrons. The molecule has 0 aliphatic heterocycles. The molecule has 0 radical (unpaired) electrons. The van der Waals surface area contributed by atoms with Gasteiger partial charge in [0, 0.05) is 6.42 Å². The van der Waals surface area contributed by atoms with E-state index in [1.165, 1.54) is 0 Å². The van der Waals surface area contributed by atoms with E-state index >= 15 is 0 Å². The predicted molar refractivity (Wildman–Crippen MR) is 45.2 cm³/mol. The molecule has 0 aromatic carbocycles. The molecule has 0 aliphatic carbocycles. The van der Waals surface area contributed by atoms with E-state index in [1.807, 2.05) is 0 Å². The fourth-order valence-corrected chi connectivity index (χ4v) is 0.498. The first-order chi connectivity index (χ1) is 5.91. The minimum atomic E-state index is -0.131. The lowest BCUT2D eigenvalue weighted by Crippen LogP contribution is -1.93. The maximum Gasteiger partial charge on any atom is 0.107 e. The number of aliphatic hydroxyl groups excluding tert-OH is 2. The number of ether oxygens (including phenoxy) is 1. The van der Waals surface area contributed by atoms with Gasteiger partial charge in [-0.05, 0) is 0 Å². The molecule has 0 spiro atoms. The SMILES string of the molecule is OCC#CCCOCC#CCO. The van der Waals surface area contributed by atoms with Crippen molar-refractivity contribution in [3.8, 4) is 23.7 Å². The zero-order valence-electron chi connectivity index (χ0n) is 6.84. The molecule has 0 saturated heterocycles. The molecular formula is C9H12O3. The van der Waals surface area contributed by atoms with E-state index in [0.717, 1.165) is 0 Å². The van der Waals surface area contributed by atoms with Crippen molar-refractivity contribution >= 4 is 0 Å². The van der Waals surface area contributed by atoms with Crippen molar-refractivity contribution in [2.45, 2.75) is 6.42 Å². The first-order valence-electron chi connectivity index (χ1n) is 3.62. The second-order valence-electron chi connectivity index (χ2n) is 1.83. The normalized spacial score (nSPS) is 7.83. The van der Waals surface area contributed by atoms with Crippen molar-refractivity contribution in [3.05, 3.63) is 0 Å². The van der Waals surface area contributed by atoms with Gasteiger partial charge in [-0.15, -0.1) is 0 Å². The highest BCUT2D eigenvalue weighted by molar-refractivity contribution is 5.00. The Morgan fingerprint density at radius 1 is 0.917 bits per heavy atom. The molecule has 0 heterocycles. The zero-order valence-corrected chi connectivity index (χ0v) is 6.84. The molecule has 0 aromatic rings. The van der Waals surface area contributed by atoms with E-state index in [1.54, 1.807) is 0 Å². The van der Waals surface area contributed by atoms with Crippen LogP contribution >= 0.6 is 0 Å². The maximum atomic E-state index is 8.27. The van der Waals surface area contributed by atoms with Crippen LogP contribution in [0, 0.1) is 23.7 Å². The van der Waals surface area contributed by atoms with Gasteiger partial charge in [0.15, 0.2) is 0 Å². The van der Waals surface area contributed by atoms with Crippen LogP contribution in [0.4, 0.5) is 0 Å². The van der Waals surface area contributed by atoms with Crippen LogP contribution in [0.5, 0.6) is 0 Å². The molecule has 2 N–H and O–H groups in total. The minimum absolute atomic E-state index is 0.107. The fraction of sp³-hybridized carbons (Fsp3) is 0.556. The summed E-state index contributed by atoms with van der Waals surface area (Å²) < 4.78 is 5.01. The summed E-state index contributed by atoms with van der Waals surface area (Å²) in [4.78, 5) is 0. The third-order valence-electron chi connectivity index (χ3n) is 0.954. The molecule has 0 aliphatic rings. The Labute approximate surface area is 72.4 Å². The zero-order chi connectivity index (χ0) is 9.07. The number of hydrogen-bond acceptors (Lipinski definition) is 3. The molecule has 3 heteroatoms. The highest BCUT2D eigenvalue weighted by Crippen LogP contribution is 1.78. The van der Waals surface area contributed by atoms with Crippen LogP contribution in [0.3, 0.4) is 0 Å². The van der Waals surface area contributed by atoms with Crippen molar-refractivity contribution in [2.24, 2.45) is 0 Å². The van der Waals surface area contributed by atoms with Gasteiger partial charge < -0.3 is 14.9 Å².